The van der Waals surface area contributed by atoms with E-state index in [0.29, 0.717) is 0 Å². The van der Waals surface area contributed by atoms with Crippen molar-refractivity contribution < 1.29 is 72.0 Å². The minimum absolute atomic E-state index is 0. The summed E-state index contributed by atoms with van der Waals surface area (Å²) in [7, 11) is 0. The van der Waals surface area contributed by atoms with Crippen molar-refractivity contribution in [2.45, 2.75) is 0 Å². The van der Waals surface area contributed by atoms with E-state index in [1.165, 1.54) is 0 Å². The summed E-state index contributed by atoms with van der Waals surface area (Å²) in [5.41, 5.74) is 0. The molecular formula is CoCuMnMo. The Hall–Kier alpha value is 2.23. The smallest absolute Gasteiger partial charge is 0 e. The Bertz CT molecular complexity index is 8.00. The first-order valence-electron chi connectivity index (χ1n) is 0. The van der Waals surface area contributed by atoms with E-state index in [1.54, 1.807) is 0 Å². The first-order chi connectivity index (χ1) is 0. The van der Waals surface area contributed by atoms with Crippen LogP contribution in [-0.2, 0) is 72.0 Å². The van der Waals surface area contributed by atoms with Crippen molar-refractivity contribution in [2.24, 2.45) is 0 Å². The van der Waals surface area contributed by atoms with Gasteiger partial charge < -0.3 is 0 Å². The molecule has 0 heterocycles. The number of rotatable bonds is 0. The Labute approximate surface area is 71.3 Å². The zero-order valence-electron chi connectivity index (χ0n) is 1.42. The fraction of sp³-hybridized carbons (Fsp3) is 0. The molecule has 0 aliphatic rings. The SMILES string of the molecule is [Co].[Cu].[Mn].[Mo]. The Kier molecular flexibility index (Phi) is 161. The fourth-order valence-electron chi connectivity index (χ4n) is 0. The molecule has 4 heteroatoms. The molecule has 0 aromatic rings. The molecule has 3 radical (unpaired) electrons. The molecule has 4 heavy (non-hydrogen) atoms. The van der Waals surface area contributed by atoms with Crippen LogP contribution < -0.4 is 0 Å². The molecule has 0 spiro atoms. The molecule has 0 aromatic heterocycles. The van der Waals surface area contributed by atoms with Crippen LogP contribution in [0.2, 0.25) is 0 Å². The Morgan fingerprint density at radius 3 is 1.00 bits per heavy atom. The van der Waals surface area contributed by atoms with Crippen LogP contribution in [0.1, 0.15) is 0 Å². The summed E-state index contributed by atoms with van der Waals surface area (Å²) in [6.07, 6.45) is 0. The van der Waals surface area contributed by atoms with Gasteiger partial charge >= 0.3 is 0 Å². The van der Waals surface area contributed by atoms with Crippen LogP contribution in [0.5, 0.6) is 0 Å². The zero-order chi connectivity index (χ0) is 0. The molecule has 0 nitrogen and oxygen atoms in total. The van der Waals surface area contributed by atoms with Gasteiger partial charge in [0.1, 0.15) is 0 Å². The van der Waals surface area contributed by atoms with Crippen LogP contribution >= 0.6 is 0 Å². The summed E-state index contributed by atoms with van der Waals surface area (Å²) in [5, 5.41) is 0. The van der Waals surface area contributed by atoms with Crippen molar-refractivity contribution >= 4 is 0 Å². The predicted molar refractivity (Wildman–Crippen MR) is 0 cm³/mol. The Morgan fingerprint density at radius 1 is 1.00 bits per heavy atom. The molecule has 0 rings (SSSR count). The minimum atomic E-state index is 0. The second-order valence-electron chi connectivity index (χ2n) is 0. The topological polar surface area (TPSA) is 0 Å². The molecule has 33 valence electrons. The summed E-state index contributed by atoms with van der Waals surface area (Å²) in [6.45, 7) is 0. The van der Waals surface area contributed by atoms with Gasteiger partial charge in [-0.15, -0.1) is 0 Å². The molecule has 0 saturated heterocycles. The molecule has 0 amide bonds. The van der Waals surface area contributed by atoms with Gasteiger partial charge in [-0.1, -0.05) is 0 Å². The minimum Gasteiger partial charge on any atom is 0 e. The molecule has 0 aliphatic heterocycles. The van der Waals surface area contributed by atoms with Gasteiger partial charge in [-0.25, -0.2) is 0 Å². The van der Waals surface area contributed by atoms with Crippen LogP contribution in [-0.4, -0.2) is 0 Å². The van der Waals surface area contributed by atoms with Gasteiger partial charge in [0, 0.05) is 72.0 Å². The van der Waals surface area contributed by atoms with Gasteiger partial charge in [0.15, 0.2) is 0 Å². The van der Waals surface area contributed by atoms with Gasteiger partial charge in [0.05, 0.1) is 0 Å². The molecule has 0 saturated carbocycles. The van der Waals surface area contributed by atoms with Crippen molar-refractivity contribution in [3.05, 3.63) is 0 Å². The molecule has 0 aliphatic carbocycles. The van der Waals surface area contributed by atoms with E-state index in [1.807, 2.05) is 0 Å². The average molecular weight is 273 g/mol. The first kappa shape index (κ1) is 34.2. The van der Waals surface area contributed by atoms with Gasteiger partial charge in [0.25, 0.3) is 0 Å². The van der Waals surface area contributed by atoms with E-state index in [9.17, 15) is 0 Å². The van der Waals surface area contributed by atoms with Crippen molar-refractivity contribution in [3.63, 3.8) is 0 Å². The molecule has 0 fully saturated rings. The third kappa shape index (κ3) is 8.87. The van der Waals surface area contributed by atoms with Gasteiger partial charge in [-0.2, -0.15) is 0 Å². The predicted octanol–water partition coefficient (Wildman–Crippen LogP) is -0.0100. The third-order valence-corrected chi connectivity index (χ3v) is 0. The van der Waals surface area contributed by atoms with Gasteiger partial charge in [0.2, 0.25) is 0 Å². The molecule has 0 aromatic carbocycles. The second kappa shape index (κ2) is 18.8. The zero-order valence-corrected chi connectivity index (χ0v) is 6.59. The number of hydrogen-bond acceptors (Lipinski definition) is 0. The summed E-state index contributed by atoms with van der Waals surface area (Å²) >= 11 is 0. The summed E-state index contributed by atoms with van der Waals surface area (Å²) in [5.74, 6) is 0. The first-order valence-corrected chi connectivity index (χ1v) is 0. The van der Waals surface area contributed by atoms with Crippen LogP contribution in [0.15, 0.2) is 0 Å². The summed E-state index contributed by atoms with van der Waals surface area (Å²) in [4.78, 5) is 0. The number of hydrogen-bond donors (Lipinski definition) is 0. The van der Waals surface area contributed by atoms with Crippen molar-refractivity contribution in [1.82, 2.24) is 0 Å². The third-order valence-electron chi connectivity index (χ3n) is 0. The standard InChI is InChI=1S/Co.Cu.Mn.Mo. The Morgan fingerprint density at radius 2 is 1.00 bits per heavy atom. The molecule has 0 unspecified atom stereocenters. The van der Waals surface area contributed by atoms with Gasteiger partial charge in [-0.05, 0) is 0 Å². The maximum atomic E-state index is 0. The van der Waals surface area contributed by atoms with Crippen molar-refractivity contribution in [1.29, 1.82) is 0 Å². The molecule has 0 N–H and O–H groups in total. The molecule has 0 bridgehead atoms. The van der Waals surface area contributed by atoms with Crippen LogP contribution in [0.4, 0.5) is 0 Å². The Balaban J connectivity index is 0. The van der Waals surface area contributed by atoms with Gasteiger partial charge in [-0.3, -0.25) is 0 Å². The van der Waals surface area contributed by atoms with E-state index in [0.717, 1.165) is 0 Å². The summed E-state index contributed by atoms with van der Waals surface area (Å²) < 4.78 is 0. The van der Waals surface area contributed by atoms with E-state index < -0.39 is 0 Å². The van der Waals surface area contributed by atoms with E-state index in [4.69, 9.17) is 0 Å². The molecular weight excluding hydrogens is 273 g/mol. The van der Waals surface area contributed by atoms with E-state index >= 15 is 0 Å². The maximum absolute atomic E-state index is 0. The van der Waals surface area contributed by atoms with Crippen LogP contribution in [0.25, 0.3) is 0 Å². The van der Waals surface area contributed by atoms with Crippen molar-refractivity contribution in [3.8, 4) is 0 Å². The summed E-state index contributed by atoms with van der Waals surface area (Å²) in [6, 6.07) is 0. The van der Waals surface area contributed by atoms with Crippen LogP contribution in [0.3, 0.4) is 0 Å². The molecule has 0 atom stereocenters. The van der Waals surface area contributed by atoms with E-state index in [2.05, 4.69) is 0 Å². The monoisotopic (exact) mass is 275 g/mol. The van der Waals surface area contributed by atoms with Crippen molar-refractivity contribution in [2.75, 3.05) is 0 Å². The quantitative estimate of drug-likeness (QED) is 0.545. The maximum Gasteiger partial charge on any atom is 0 e. The second-order valence-corrected chi connectivity index (χ2v) is 0. The van der Waals surface area contributed by atoms with Crippen LogP contribution in [0, 0.1) is 0 Å². The normalized spacial score (nSPS) is 0. The van der Waals surface area contributed by atoms with E-state index in [-0.39, 0.29) is 72.0 Å². The average Bonchev–Trinajstić information content (AvgIpc) is 0. The largest absolute Gasteiger partial charge is 0 e. The fourth-order valence-corrected chi connectivity index (χ4v) is 0.